The normalized spacial score (nSPS) is 23.4. The summed E-state index contributed by atoms with van der Waals surface area (Å²) in [5, 5.41) is 18.7. The van der Waals surface area contributed by atoms with Gasteiger partial charge in [0.15, 0.2) is 0 Å². The molecule has 1 aromatic rings. The van der Waals surface area contributed by atoms with E-state index in [0.29, 0.717) is 22.3 Å². The highest BCUT2D eigenvalue weighted by molar-refractivity contribution is 6.30. The van der Waals surface area contributed by atoms with Crippen LogP contribution in [0.15, 0.2) is 18.2 Å². The minimum Gasteiger partial charge on any atom is -0.489 e. The minimum absolute atomic E-state index is 0.123. The zero-order chi connectivity index (χ0) is 13.0. The predicted molar refractivity (Wildman–Crippen MR) is 69.6 cm³/mol. The molecule has 0 amide bonds. The van der Waals surface area contributed by atoms with E-state index in [2.05, 4.69) is 6.07 Å². The number of rotatable bonds is 3. The maximum atomic E-state index is 9.08. The molecule has 1 aromatic carbocycles. The second-order valence-corrected chi connectivity index (χ2v) is 5.13. The Kier molecular flexibility index (Phi) is 4.46. The third-order valence-electron chi connectivity index (χ3n) is 3.41. The molecule has 1 fully saturated rings. The molecule has 0 radical (unpaired) electrons. The van der Waals surface area contributed by atoms with Gasteiger partial charge in [0.25, 0.3) is 0 Å². The number of hydrogen-bond acceptors (Lipinski definition) is 3. The fraction of sp³-hybridized carbons (Fsp3) is 0.500. The van der Waals surface area contributed by atoms with Crippen molar-refractivity contribution in [1.29, 1.82) is 5.26 Å². The molecule has 0 spiro atoms. The van der Waals surface area contributed by atoms with Gasteiger partial charge in [-0.25, -0.2) is 0 Å². The van der Waals surface area contributed by atoms with E-state index in [9.17, 15) is 0 Å². The first-order valence-corrected chi connectivity index (χ1v) is 6.58. The summed E-state index contributed by atoms with van der Waals surface area (Å²) in [6.07, 6.45) is 3.91. The van der Waals surface area contributed by atoms with Crippen molar-refractivity contribution in [1.82, 2.24) is 0 Å². The topological polar surface area (TPSA) is 53.2 Å². The molecule has 1 N–H and O–H groups in total. The molecule has 1 aliphatic carbocycles. The van der Waals surface area contributed by atoms with Crippen LogP contribution >= 0.6 is 11.6 Å². The van der Waals surface area contributed by atoms with E-state index in [0.717, 1.165) is 25.7 Å². The Morgan fingerprint density at radius 3 is 2.67 bits per heavy atom. The van der Waals surface area contributed by atoms with Crippen LogP contribution in [-0.2, 0) is 0 Å². The first-order valence-electron chi connectivity index (χ1n) is 6.20. The molecule has 1 aliphatic rings. The van der Waals surface area contributed by atoms with Crippen molar-refractivity contribution >= 4 is 11.6 Å². The molecule has 4 heteroatoms. The number of aliphatic hydroxyl groups excluding tert-OH is 1. The molecule has 0 heterocycles. The molecule has 0 aromatic heterocycles. The van der Waals surface area contributed by atoms with Gasteiger partial charge in [-0.15, -0.1) is 0 Å². The minimum atomic E-state index is 0.123. The molecule has 18 heavy (non-hydrogen) atoms. The molecular formula is C14H16ClNO2. The van der Waals surface area contributed by atoms with Crippen LogP contribution in [0.5, 0.6) is 5.75 Å². The van der Waals surface area contributed by atoms with E-state index in [4.69, 9.17) is 26.7 Å². The standard InChI is InChI=1S/C14H16ClNO2/c15-12-4-3-11(8-16)14(7-12)18-13-5-1-10(9-17)2-6-13/h3-4,7,10,13,17H,1-2,5-6,9H2. The Morgan fingerprint density at radius 2 is 2.06 bits per heavy atom. The number of benzene rings is 1. The zero-order valence-electron chi connectivity index (χ0n) is 10.1. The van der Waals surface area contributed by atoms with Crippen LogP contribution in [0.4, 0.5) is 0 Å². The quantitative estimate of drug-likeness (QED) is 0.913. The summed E-state index contributed by atoms with van der Waals surface area (Å²) in [6.45, 7) is 0.257. The number of ether oxygens (including phenoxy) is 1. The maximum Gasteiger partial charge on any atom is 0.138 e. The van der Waals surface area contributed by atoms with E-state index < -0.39 is 0 Å². The maximum absolute atomic E-state index is 9.08. The van der Waals surface area contributed by atoms with Crippen molar-refractivity contribution in [3.63, 3.8) is 0 Å². The average molecular weight is 266 g/mol. The summed E-state index contributed by atoms with van der Waals surface area (Å²) >= 11 is 5.91. The van der Waals surface area contributed by atoms with Gasteiger partial charge in [-0.3, -0.25) is 0 Å². The monoisotopic (exact) mass is 265 g/mol. The van der Waals surface area contributed by atoms with Crippen molar-refractivity contribution in [2.45, 2.75) is 31.8 Å². The van der Waals surface area contributed by atoms with Gasteiger partial charge in [0.1, 0.15) is 11.8 Å². The number of aliphatic hydroxyl groups is 1. The molecule has 0 unspecified atom stereocenters. The number of halogens is 1. The first-order chi connectivity index (χ1) is 8.72. The first kappa shape index (κ1) is 13.2. The van der Waals surface area contributed by atoms with Crippen molar-refractivity contribution in [3.8, 4) is 11.8 Å². The third-order valence-corrected chi connectivity index (χ3v) is 3.64. The fourth-order valence-electron chi connectivity index (χ4n) is 2.30. The SMILES string of the molecule is N#Cc1ccc(Cl)cc1OC1CCC(CO)CC1. The van der Waals surface area contributed by atoms with Gasteiger partial charge in [0.05, 0.1) is 11.7 Å². The van der Waals surface area contributed by atoms with Crippen LogP contribution in [0.3, 0.4) is 0 Å². The van der Waals surface area contributed by atoms with E-state index >= 15 is 0 Å². The Bertz CT molecular complexity index is 448. The van der Waals surface area contributed by atoms with Crippen LogP contribution in [0, 0.1) is 17.2 Å². The van der Waals surface area contributed by atoms with Crippen LogP contribution in [0.2, 0.25) is 5.02 Å². The van der Waals surface area contributed by atoms with Crippen LogP contribution < -0.4 is 4.74 Å². The van der Waals surface area contributed by atoms with Gasteiger partial charge >= 0.3 is 0 Å². The van der Waals surface area contributed by atoms with Gasteiger partial charge in [-0.2, -0.15) is 5.26 Å². The molecule has 3 nitrogen and oxygen atoms in total. The lowest BCUT2D eigenvalue weighted by molar-refractivity contribution is 0.104. The summed E-state index contributed by atoms with van der Waals surface area (Å²) in [5.41, 5.74) is 0.517. The molecule has 0 aliphatic heterocycles. The average Bonchev–Trinajstić information content (AvgIpc) is 2.40. The summed E-state index contributed by atoms with van der Waals surface area (Å²) in [4.78, 5) is 0. The number of nitrogens with zero attached hydrogens (tertiary/aromatic N) is 1. The fourth-order valence-corrected chi connectivity index (χ4v) is 2.46. The second kappa shape index (κ2) is 6.08. The second-order valence-electron chi connectivity index (χ2n) is 4.70. The lowest BCUT2D eigenvalue weighted by Gasteiger charge is -2.28. The van der Waals surface area contributed by atoms with Gasteiger partial charge in [0, 0.05) is 17.7 Å². The molecule has 0 bridgehead atoms. The van der Waals surface area contributed by atoms with Crippen LogP contribution in [0.1, 0.15) is 31.2 Å². The van der Waals surface area contributed by atoms with E-state index in [1.807, 2.05) is 0 Å². The highest BCUT2D eigenvalue weighted by atomic mass is 35.5. The highest BCUT2D eigenvalue weighted by Gasteiger charge is 2.22. The predicted octanol–water partition coefficient (Wildman–Crippen LogP) is 3.14. The Morgan fingerprint density at radius 1 is 1.33 bits per heavy atom. The van der Waals surface area contributed by atoms with E-state index in [1.54, 1.807) is 18.2 Å². The van der Waals surface area contributed by atoms with E-state index in [-0.39, 0.29) is 12.7 Å². The van der Waals surface area contributed by atoms with Crippen molar-refractivity contribution < 1.29 is 9.84 Å². The molecule has 96 valence electrons. The Hall–Kier alpha value is -1.24. The Balaban J connectivity index is 2.02. The van der Waals surface area contributed by atoms with E-state index in [1.165, 1.54) is 0 Å². The molecule has 0 atom stereocenters. The molecule has 2 rings (SSSR count). The van der Waals surface area contributed by atoms with Gasteiger partial charge < -0.3 is 9.84 Å². The van der Waals surface area contributed by atoms with Gasteiger partial charge in [-0.1, -0.05) is 11.6 Å². The summed E-state index contributed by atoms with van der Waals surface area (Å²) < 4.78 is 5.86. The largest absolute Gasteiger partial charge is 0.489 e. The zero-order valence-corrected chi connectivity index (χ0v) is 10.9. The van der Waals surface area contributed by atoms with Crippen molar-refractivity contribution in [2.75, 3.05) is 6.61 Å². The third kappa shape index (κ3) is 3.16. The lowest BCUT2D eigenvalue weighted by Crippen LogP contribution is -2.25. The summed E-state index contributed by atoms with van der Waals surface area (Å²) in [7, 11) is 0. The van der Waals surface area contributed by atoms with Gasteiger partial charge in [0.2, 0.25) is 0 Å². The highest BCUT2D eigenvalue weighted by Crippen LogP contribution is 2.30. The smallest absolute Gasteiger partial charge is 0.138 e. The van der Waals surface area contributed by atoms with Crippen molar-refractivity contribution in [2.24, 2.45) is 5.92 Å². The number of nitriles is 1. The molecule has 0 saturated heterocycles. The van der Waals surface area contributed by atoms with Crippen LogP contribution in [0.25, 0.3) is 0 Å². The molecule has 1 saturated carbocycles. The summed E-state index contributed by atoms with van der Waals surface area (Å²) in [6, 6.07) is 7.17. The van der Waals surface area contributed by atoms with Gasteiger partial charge in [-0.05, 0) is 43.7 Å². The Labute approximate surface area is 112 Å². The van der Waals surface area contributed by atoms with Crippen LogP contribution in [-0.4, -0.2) is 17.8 Å². The lowest BCUT2D eigenvalue weighted by atomic mass is 9.88. The number of hydrogen-bond donors (Lipinski definition) is 1. The molecular weight excluding hydrogens is 250 g/mol. The summed E-state index contributed by atoms with van der Waals surface area (Å²) in [5.74, 6) is 0.970. The van der Waals surface area contributed by atoms with Crippen molar-refractivity contribution in [3.05, 3.63) is 28.8 Å².